The lowest BCUT2D eigenvalue weighted by molar-refractivity contribution is 0.654. The first kappa shape index (κ1) is 26.5. The van der Waals surface area contributed by atoms with Crippen molar-refractivity contribution >= 4 is 54.8 Å². The van der Waals surface area contributed by atoms with Crippen LogP contribution in [0.5, 0.6) is 0 Å². The summed E-state index contributed by atoms with van der Waals surface area (Å²) in [6.07, 6.45) is 1.80. The lowest BCUT2D eigenvalue weighted by atomic mass is 9.99. The van der Waals surface area contributed by atoms with Crippen molar-refractivity contribution < 1.29 is 8.83 Å². The van der Waals surface area contributed by atoms with Crippen molar-refractivity contribution in [2.45, 2.75) is 0 Å². The highest BCUT2D eigenvalue weighted by atomic mass is 16.3. The highest BCUT2D eigenvalue weighted by molar-refractivity contribution is 6.15. The van der Waals surface area contributed by atoms with Crippen LogP contribution in [0, 0.1) is 0 Å². The smallest absolute Gasteiger partial charge is 0.227 e. The van der Waals surface area contributed by atoms with Crippen LogP contribution in [0.15, 0.2) is 155 Å². The van der Waals surface area contributed by atoms with Crippen LogP contribution >= 0.6 is 0 Å². The molecule has 4 aromatic heterocycles. The summed E-state index contributed by atoms with van der Waals surface area (Å²) in [5.74, 6) is 1.79. The molecule has 0 saturated carbocycles. The predicted octanol–water partition coefficient (Wildman–Crippen LogP) is 10.9. The molecular formula is C42H24N4O2. The fourth-order valence-corrected chi connectivity index (χ4v) is 6.73. The number of pyridine rings is 1. The zero-order chi connectivity index (χ0) is 31.6. The van der Waals surface area contributed by atoms with Gasteiger partial charge in [0, 0.05) is 39.0 Å². The maximum Gasteiger partial charge on any atom is 0.227 e. The standard InChI is InChI=1S/C42H24N4O2/c1-2-9-26(10-3-1)39-44-40(46-41(45-39)32-14-8-16-35-37(32)31-13-6-7-15-34(31)47-35)27-19-17-25(18-20-27)30-21-22-43-42-38(30)33-23-28-11-4-5-12-29(28)24-36(33)48-42/h1-24H. The Morgan fingerprint density at radius 1 is 0.396 bits per heavy atom. The van der Waals surface area contributed by atoms with Gasteiger partial charge in [-0.3, -0.25) is 0 Å². The minimum absolute atomic E-state index is 0.591. The molecule has 0 aliphatic rings. The van der Waals surface area contributed by atoms with Crippen LogP contribution in [0.1, 0.15) is 0 Å². The highest BCUT2D eigenvalue weighted by Gasteiger charge is 2.19. The first-order valence-corrected chi connectivity index (χ1v) is 15.8. The van der Waals surface area contributed by atoms with Crippen LogP contribution in [0.4, 0.5) is 0 Å². The number of hydrogen-bond donors (Lipinski definition) is 0. The van der Waals surface area contributed by atoms with Gasteiger partial charge in [0.1, 0.15) is 16.7 Å². The molecule has 0 N–H and O–H groups in total. The molecule has 0 spiro atoms. The molecule has 6 heteroatoms. The number of aromatic nitrogens is 4. The summed E-state index contributed by atoms with van der Waals surface area (Å²) in [4.78, 5) is 19.6. The second-order valence-electron chi connectivity index (χ2n) is 11.9. The Kier molecular flexibility index (Phi) is 5.77. The maximum atomic E-state index is 6.23. The normalized spacial score (nSPS) is 11.8. The highest BCUT2D eigenvalue weighted by Crippen LogP contribution is 2.39. The summed E-state index contributed by atoms with van der Waals surface area (Å²) in [6, 6.07) is 47.1. The van der Waals surface area contributed by atoms with Crippen molar-refractivity contribution in [2.75, 3.05) is 0 Å². The number of para-hydroxylation sites is 1. The first-order chi connectivity index (χ1) is 23.8. The van der Waals surface area contributed by atoms with E-state index in [9.17, 15) is 0 Å². The van der Waals surface area contributed by atoms with Gasteiger partial charge in [-0.15, -0.1) is 0 Å². The zero-order valence-corrected chi connectivity index (χ0v) is 25.5. The molecule has 0 aliphatic heterocycles. The third-order valence-corrected chi connectivity index (χ3v) is 9.01. The van der Waals surface area contributed by atoms with Crippen molar-refractivity contribution in [2.24, 2.45) is 0 Å². The fourth-order valence-electron chi connectivity index (χ4n) is 6.73. The molecule has 0 fully saturated rings. The second kappa shape index (κ2) is 10.4. The van der Waals surface area contributed by atoms with E-state index in [1.807, 2.05) is 72.8 Å². The SMILES string of the molecule is c1ccc(-c2nc(-c3ccc(-c4ccnc5oc6cc7ccccc7cc6c45)cc3)nc(-c3cccc4oc5ccccc5c34)n2)cc1. The number of hydrogen-bond acceptors (Lipinski definition) is 6. The number of furan rings is 2. The van der Waals surface area contributed by atoms with Gasteiger partial charge in [0.05, 0.1) is 5.39 Å². The van der Waals surface area contributed by atoms with E-state index in [1.165, 1.54) is 0 Å². The number of rotatable bonds is 4. The minimum Gasteiger partial charge on any atom is -0.456 e. The van der Waals surface area contributed by atoms with Crippen molar-refractivity contribution in [3.05, 3.63) is 146 Å². The van der Waals surface area contributed by atoms with Crippen molar-refractivity contribution in [1.29, 1.82) is 0 Å². The van der Waals surface area contributed by atoms with Gasteiger partial charge in [-0.2, -0.15) is 0 Å². The molecule has 0 unspecified atom stereocenters. The Balaban J connectivity index is 1.13. The van der Waals surface area contributed by atoms with Gasteiger partial charge in [0.15, 0.2) is 17.5 Å². The van der Waals surface area contributed by atoms with Crippen LogP contribution in [-0.4, -0.2) is 19.9 Å². The van der Waals surface area contributed by atoms with E-state index >= 15 is 0 Å². The fraction of sp³-hybridized carbons (Fsp3) is 0. The zero-order valence-electron chi connectivity index (χ0n) is 25.5. The van der Waals surface area contributed by atoms with Crippen LogP contribution in [-0.2, 0) is 0 Å². The number of benzene rings is 6. The van der Waals surface area contributed by atoms with Crippen LogP contribution < -0.4 is 0 Å². The average molecular weight is 617 g/mol. The molecule has 224 valence electrons. The van der Waals surface area contributed by atoms with E-state index in [2.05, 4.69) is 71.7 Å². The molecule has 48 heavy (non-hydrogen) atoms. The summed E-state index contributed by atoms with van der Waals surface area (Å²) in [7, 11) is 0. The second-order valence-corrected chi connectivity index (χ2v) is 11.9. The largest absolute Gasteiger partial charge is 0.456 e. The van der Waals surface area contributed by atoms with Gasteiger partial charge in [0.25, 0.3) is 0 Å². The molecule has 6 aromatic carbocycles. The van der Waals surface area contributed by atoms with Gasteiger partial charge < -0.3 is 8.83 Å². The summed E-state index contributed by atoms with van der Waals surface area (Å²) in [5.41, 5.74) is 7.88. The van der Waals surface area contributed by atoms with E-state index in [0.29, 0.717) is 23.2 Å². The Morgan fingerprint density at radius 3 is 1.90 bits per heavy atom. The molecule has 0 bridgehead atoms. The van der Waals surface area contributed by atoms with Gasteiger partial charge in [-0.1, -0.05) is 109 Å². The molecule has 0 saturated heterocycles. The summed E-state index contributed by atoms with van der Waals surface area (Å²) >= 11 is 0. The monoisotopic (exact) mass is 616 g/mol. The Morgan fingerprint density at radius 2 is 1.06 bits per heavy atom. The molecule has 6 nitrogen and oxygen atoms in total. The maximum absolute atomic E-state index is 6.23. The summed E-state index contributed by atoms with van der Waals surface area (Å²) in [5, 5.41) is 6.36. The summed E-state index contributed by atoms with van der Waals surface area (Å²) < 4.78 is 12.4. The van der Waals surface area contributed by atoms with E-state index in [0.717, 1.165) is 76.9 Å². The lowest BCUT2D eigenvalue weighted by Crippen LogP contribution is -2.00. The molecule has 10 rings (SSSR count). The molecular weight excluding hydrogens is 592 g/mol. The van der Waals surface area contributed by atoms with Crippen molar-refractivity contribution in [3.8, 4) is 45.3 Å². The lowest BCUT2D eigenvalue weighted by Gasteiger charge is -2.10. The molecule has 10 aromatic rings. The van der Waals surface area contributed by atoms with Crippen molar-refractivity contribution in [3.63, 3.8) is 0 Å². The van der Waals surface area contributed by atoms with Crippen LogP contribution in [0.2, 0.25) is 0 Å². The average Bonchev–Trinajstić information content (AvgIpc) is 3.72. The predicted molar refractivity (Wildman–Crippen MR) is 191 cm³/mol. The van der Waals surface area contributed by atoms with Gasteiger partial charge in [-0.25, -0.2) is 19.9 Å². The third kappa shape index (κ3) is 4.20. The molecule has 0 atom stereocenters. The molecule has 4 heterocycles. The quantitative estimate of drug-likeness (QED) is 0.196. The summed E-state index contributed by atoms with van der Waals surface area (Å²) in [6.45, 7) is 0. The number of nitrogens with zero attached hydrogens (tertiary/aromatic N) is 4. The Labute approximate surface area is 274 Å². The number of fused-ring (bicyclic) bond motifs is 7. The Bertz CT molecular complexity index is 2840. The molecule has 0 amide bonds. The molecule has 0 radical (unpaired) electrons. The minimum atomic E-state index is 0.591. The van der Waals surface area contributed by atoms with Crippen LogP contribution in [0.25, 0.3) is 100 Å². The Hall–Kier alpha value is -6.66. The first-order valence-electron chi connectivity index (χ1n) is 15.8. The van der Waals surface area contributed by atoms with E-state index in [-0.39, 0.29) is 0 Å². The molecule has 0 aliphatic carbocycles. The van der Waals surface area contributed by atoms with E-state index in [1.54, 1.807) is 6.20 Å². The van der Waals surface area contributed by atoms with Gasteiger partial charge in [0.2, 0.25) is 5.71 Å². The van der Waals surface area contributed by atoms with E-state index < -0.39 is 0 Å². The van der Waals surface area contributed by atoms with Crippen molar-refractivity contribution in [1.82, 2.24) is 19.9 Å². The topological polar surface area (TPSA) is 77.8 Å². The van der Waals surface area contributed by atoms with E-state index in [4.69, 9.17) is 23.8 Å². The van der Waals surface area contributed by atoms with Gasteiger partial charge in [-0.05, 0) is 52.2 Å². The van der Waals surface area contributed by atoms with Gasteiger partial charge >= 0.3 is 0 Å². The van der Waals surface area contributed by atoms with Crippen LogP contribution in [0.3, 0.4) is 0 Å². The third-order valence-electron chi connectivity index (χ3n) is 9.01.